The summed E-state index contributed by atoms with van der Waals surface area (Å²) >= 11 is 6.22. The summed E-state index contributed by atoms with van der Waals surface area (Å²) in [6, 6.07) is 13.6. The van der Waals surface area contributed by atoms with E-state index in [1.165, 1.54) is 53.4 Å². The number of ether oxygens (including phenoxy) is 2. The molecule has 186 valence electrons. The Morgan fingerprint density at radius 1 is 1.11 bits per heavy atom. The summed E-state index contributed by atoms with van der Waals surface area (Å²) in [7, 11) is -4.11. The van der Waals surface area contributed by atoms with Crippen molar-refractivity contribution in [3.63, 3.8) is 0 Å². The zero-order chi connectivity index (χ0) is 25.4. The van der Waals surface area contributed by atoms with Crippen LogP contribution in [0.4, 0.5) is 10.1 Å². The van der Waals surface area contributed by atoms with Gasteiger partial charge in [-0.2, -0.15) is 0 Å². The van der Waals surface area contributed by atoms with E-state index < -0.39 is 27.5 Å². The van der Waals surface area contributed by atoms with Crippen LogP contribution in [0.15, 0.2) is 70.5 Å². The maximum absolute atomic E-state index is 13.7. The van der Waals surface area contributed by atoms with Gasteiger partial charge in [0.15, 0.2) is 0 Å². The van der Waals surface area contributed by atoms with Gasteiger partial charge in [0.2, 0.25) is 9.84 Å². The van der Waals surface area contributed by atoms with E-state index in [0.29, 0.717) is 12.2 Å². The lowest BCUT2D eigenvalue weighted by atomic mass is 10.1. The van der Waals surface area contributed by atoms with Crippen LogP contribution in [0.25, 0.3) is 0 Å². The highest BCUT2D eigenvalue weighted by Gasteiger charge is 2.36. The van der Waals surface area contributed by atoms with Gasteiger partial charge in [0.1, 0.15) is 12.4 Å². The number of hydrogen-bond acceptors (Lipinski definition) is 6. The van der Waals surface area contributed by atoms with Crippen molar-refractivity contribution in [2.75, 3.05) is 18.1 Å². The number of nitrogens with zero attached hydrogens (tertiary/aromatic N) is 1. The van der Waals surface area contributed by atoms with Crippen LogP contribution in [0.3, 0.4) is 0 Å². The third kappa shape index (κ3) is 4.50. The Balaban J connectivity index is 1.60. The van der Waals surface area contributed by atoms with Gasteiger partial charge in [-0.15, -0.1) is 0 Å². The van der Waals surface area contributed by atoms with Crippen molar-refractivity contribution in [2.24, 2.45) is 0 Å². The molecular formula is C26H21ClFNO6S. The van der Waals surface area contributed by atoms with Crippen LogP contribution in [-0.2, 0) is 25.9 Å². The minimum atomic E-state index is -4.11. The Hall–Kier alpha value is -3.27. The van der Waals surface area contributed by atoms with Crippen molar-refractivity contribution in [3.05, 3.63) is 88.2 Å². The van der Waals surface area contributed by atoms with E-state index in [-0.39, 0.29) is 50.9 Å². The number of carbonyl (C=O) groups excluding carboxylic acids is 2. The van der Waals surface area contributed by atoms with Gasteiger partial charge in [-0.05, 0) is 60.9 Å². The van der Waals surface area contributed by atoms with Gasteiger partial charge in [0, 0.05) is 11.6 Å². The predicted molar refractivity (Wildman–Crippen MR) is 130 cm³/mol. The SMILES string of the molecule is O=C(OC[C@@H]1CCCO1)c1ccc2c(c1)N(Cc1ccc(F)cc1Cl)C(=O)c1ccccc1S2(=O)=O. The molecule has 10 heteroatoms. The predicted octanol–water partition coefficient (Wildman–Crippen LogP) is 4.81. The topological polar surface area (TPSA) is 90.0 Å². The van der Waals surface area contributed by atoms with Crippen molar-refractivity contribution < 1.29 is 31.9 Å². The molecule has 0 unspecified atom stereocenters. The van der Waals surface area contributed by atoms with E-state index in [4.69, 9.17) is 21.1 Å². The summed E-state index contributed by atoms with van der Waals surface area (Å²) < 4.78 is 51.6. The second-order valence-corrected chi connectivity index (χ2v) is 10.8. The molecule has 36 heavy (non-hydrogen) atoms. The van der Waals surface area contributed by atoms with Gasteiger partial charge in [-0.3, -0.25) is 4.79 Å². The molecule has 3 aromatic carbocycles. The Labute approximate surface area is 212 Å². The minimum Gasteiger partial charge on any atom is -0.459 e. The van der Waals surface area contributed by atoms with Crippen LogP contribution in [-0.4, -0.2) is 39.6 Å². The van der Waals surface area contributed by atoms with Crippen LogP contribution in [0.2, 0.25) is 5.02 Å². The van der Waals surface area contributed by atoms with E-state index in [9.17, 15) is 22.4 Å². The Kier molecular flexibility index (Phi) is 6.55. The van der Waals surface area contributed by atoms with Gasteiger partial charge in [0.25, 0.3) is 5.91 Å². The summed E-state index contributed by atoms with van der Waals surface area (Å²) in [5.41, 5.74) is 0.467. The first-order chi connectivity index (χ1) is 17.3. The molecule has 0 radical (unpaired) electrons. The molecule has 7 nitrogen and oxygen atoms in total. The fourth-order valence-corrected chi connectivity index (χ4v) is 6.20. The fourth-order valence-electron chi connectivity index (χ4n) is 4.34. The minimum absolute atomic E-state index is 0.00292. The van der Waals surface area contributed by atoms with Crippen LogP contribution in [0.1, 0.15) is 39.1 Å². The smallest absolute Gasteiger partial charge is 0.338 e. The molecule has 1 amide bonds. The summed E-state index contributed by atoms with van der Waals surface area (Å²) in [6.07, 6.45) is 1.50. The number of amides is 1. The van der Waals surface area contributed by atoms with Gasteiger partial charge in [-0.25, -0.2) is 17.6 Å². The van der Waals surface area contributed by atoms with Crippen LogP contribution in [0, 0.1) is 5.82 Å². The van der Waals surface area contributed by atoms with Crippen molar-refractivity contribution in [1.29, 1.82) is 0 Å². The van der Waals surface area contributed by atoms with Crippen LogP contribution < -0.4 is 4.90 Å². The molecule has 0 bridgehead atoms. The maximum atomic E-state index is 13.7. The Bertz CT molecular complexity index is 1470. The van der Waals surface area contributed by atoms with E-state index in [0.717, 1.165) is 18.9 Å². The molecule has 1 saturated heterocycles. The normalized spacial score (nSPS) is 18.3. The van der Waals surface area contributed by atoms with Gasteiger partial charge < -0.3 is 14.4 Å². The number of halogens is 2. The Morgan fingerprint density at radius 3 is 2.67 bits per heavy atom. The summed E-state index contributed by atoms with van der Waals surface area (Å²) in [5, 5.41) is 0.0804. The number of carbonyl (C=O) groups is 2. The lowest BCUT2D eigenvalue weighted by Gasteiger charge is -2.24. The number of esters is 1. The van der Waals surface area contributed by atoms with Gasteiger partial charge >= 0.3 is 5.97 Å². The van der Waals surface area contributed by atoms with E-state index in [2.05, 4.69) is 0 Å². The number of benzene rings is 3. The summed E-state index contributed by atoms with van der Waals surface area (Å²) in [6.45, 7) is 0.541. The lowest BCUT2D eigenvalue weighted by Crippen LogP contribution is -2.30. The van der Waals surface area contributed by atoms with Crippen molar-refractivity contribution >= 4 is 39.0 Å². The highest BCUT2D eigenvalue weighted by Crippen LogP contribution is 2.39. The highest BCUT2D eigenvalue weighted by atomic mass is 35.5. The molecule has 1 atom stereocenters. The van der Waals surface area contributed by atoms with E-state index in [1.54, 1.807) is 6.07 Å². The zero-order valence-electron chi connectivity index (χ0n) is 18.9. The first-order valence-corrected chi connectivity index (χ1v) is 13.1. The highest BCUT2D eigenvalue weighted by molar-refractivity contribution is 7.91. The van der Waals surface area contributed by atoms with E-state index >= 15 is 0 Å². The average Bonchev–Trinajstić information content (AvgIpc) is 3.38. The first-order valence-electron chi connectivity index (χ1n) is 11.3. The number of sulfone groups is 1. The quantitative estimate of drug-likeness (QED) is 0.441. The van der Waals surface area contributed by atoms with Crippen molar-refractivity contribution in [1.82, 2.24) is 0 Å². The molecule has 1 fully saturated rings. The molecule has 5 rings (SSSR count). The summed E-state index contributed by atoms with van der Waals surface area (Å²) in [4.78, 5) is 27.4. The zero-order valence-corrected chi connectivity index (χ0v) is 20.5. The summed E-state index contributed by atoms with van der Waals surface area (Å²) in [5.74, 6) is -1.81. The van der Waals surface area contributed by atoms with Crippen molar-refractivity contribution in [2.45, 2.75) is 35.3 Å². The molecule has 2 aliphatic heterocycles. The maximum Gasteiger partial charge on any atom is 0.338 e. The third-order valence-electron chi connectivity index (χ3n) is 6.19. The van der Waals surface area contributed by atoms with Crippen LogP contribution >= 0.6 is 11.6 Å². The Morgan fingerprint density at radius 2 is 1.92 bits per heavy atom. The van der Waals surface area contributed by atoms with Gasteiger partial charge in [-0.1, -0.05) is 29.8 Å². The van der Waals surface area contributed by atoms with Crippen molar-refractivity contribution in [3.8, 4) is 0 Å². The molecule has 0 spiro atoms. The largest absolute Gasteiger partial charge is 0.459 e. The lowest BCUT2D eigenvalue weighted by molar-refractivity contribution is 0.0161. The standard InChI is InChI=1S/C26H21ClFNO6S/c27-21-13-18(28)9-7-17(21)14-29-22-12-16(26(31)35-15-19-4-3-11-34-19)8-10-24(22)36(32,33)23-6-2-1-5-20(23)25(29)30/h1-2,5-10,12-13,19H,3-4,11,14-15H2/t19-/m0/s1. The molecular weight excluding hydrogens is 509 g/mol. The molecule has 2 heterocycles. The monoisotopic (exact) mass is 529 g/mol. The van der Waals surface area contributed by atoms with E-state index in [1.807, 2.05) is 0 Å². The number of rotatable bonds is 5. The molecule has 0 saturated carbocycles. The fraction of sp³-hybridized carbons (Fsp3) is 0.231. The molecule has 0 aromatic heterocycles. The van der Waals surface area contributed by atoms with Gasteiger partial charge in [0.05, 0.1) is 39.3 Å². The first kappa shape index (κ1) is 24.4. The second kappa shape index (κ2) is 9.65. The average molecular weight is 530 g/mol. The molecule has 0 N–H and O–H groups in total. The molecule has 3 aromatic rings. The number of fused-ring (bicyclic) bond motifs is 2. The number of hydrogen-bond donors (Lipinski definition) is 0. The van der Waals surface area contributed by atoms with Crippen LogP contribution in [0.5, 0.6) is 0 Å². The molecule has 2 aliphatic rings. The molecule has 0 aliphatic carbocycles. The number of anilines is 1. The second-order valence-electron chi connectivity index (χ2n) is 8.54. The third-order valence-corrected chi connectivity index (χ3v) is 8.41.